The second-order valence-electron chi connectivity index (χ2n) is 4.96. The molecule has 3 heterocycles. The number of nitrogens with zero attached hydrogens (tertiary/aromatic N) is 3. The number of fused-ring (bicyclic) bond motifs is 1. The maximum atomic E-state index is 13.3. The highest BCUT2D eigenvalue weighted by Crippen LogP contribution is 2.36. The first kappa shape index (κ1) is 15.8. The molecule has 0 amide bonds. The van der Waals surface area contributed by atoms with Crippen molar-refractivity contribution in [2.45, 2.75) is 6.18 Å². The normalized spacial score (nSPS) is 11.9. The molecule has 0 radical (unpaired) electrons. The SMILES string of the molecule is Cn1[nH]cc(-c2cc3cc(F)cnc3nc2C(F)(F)F)c(=O)c1=O. The van der Waals surface area contributed by atoms with Crippen molar-refractivity contribution in [3.63, 3.8) is 0 Å². The van der Waals surface area contributed by atoms with E-state index in [4.69, 9.17) is 0 Å². The summed E-state index contributed by atoms with van der Waals surface area (Å²) >= 11 is 0. The molecular formula is C14H8F4N4O2. The first-order chi connectivity index (χ1) is 11.2. The molecule has 0 atom stereocenters. The Morgan fingerprint density at radius 3 is 2.54 bits per heavy atom. The van der Waals surface area contributed by atoms with Crippen LogP contribution in [0.3, 0.4) is 0 Å². The van der Waals surface area contributed by atoms with Crippen molar-refractivity contribution in [1.29, 1.82) is 0 Å². The number of alkyl halides is 3. The van der Waals surface area contributed by atoms with Crippen LogP contribution < -0.4 is 11.0 Å². The third-order valence-corrected chi connectivity index (χ3v) is 3.34. The predicted octanol–water partition coefficient (Wildman–Crippen LogP) is 1.84. The summed E-state index contributed by atoms with van der Waals surface area (Å²) < 4.78 is 54.0. The summed E-state index contributed by atoms with van der Waals surface area (Å²) in [5.41, 5.74) is -5.00. The lowest BCUT2D eigenvalue weighted by Gasteiger charge is -2.13. The van der Waals surface area contributed by atoms with E-state index in [9.17, 15) is 27.2 Å². The standard InChI is InChI=1S/C14H8F4N4O2/c1-22-13(24)10(23)9(5-20-22)8-3-6-2-7(15)4-19-12(6)21-11(8)14(16,17)18/h2-5,20H,1H3. The number of rotatable bonds is 1. The highest BCUT2D eigenvalue weighted by molar-refractivity contribution is 5.82. The van der Waals surface area contributed by atoms with Crippen LogP contribution in [0.25, 0.3) is 22.2 Å². The first-order valence-electron chi connectivity index (χ1n) is 6.51. The van der Waals surface area contributed by atoms with Crippen LogP contribution in [-0.4, -0.2) is 19.7 Å². The Labute approximate surface area is 130 Å². The van der Waals surface area contributed by atoms with Crippen LogP contribution in [-0.2, 0) is 13.2 Å². The smallest absolute Gasteiger partial charge is 0.302 e. The Morgan fingerprint density at radius 2 is 1.88 bits per heavy atom. The summed E-state index contributed by atoms with van der Waals surface area (Å²) in [4.78, 5) is 30.6. The van der Waals surface area contributed by atoms with Crippen molar-refractivity contribution in [3.8, 4) is 11.1 Å². The molecule has 3 aromatic heterocycles. The van der Waals surface area contributed by atoms with Crippen molar-refractivity contribution < 1.29 is 17.6 Å². The fraction of sp³-hybridized carbons (Fsp3) is 0.143. The lowest BCUT2D eigenvalue weighted by Crippen LogP contribution is -2.35. The third-order valence-electron chi connectivity index (χ3n) is 3.34. The Balaban J connectivity index is 2.44. The Hall–Kier alpha value is -3.04. The zero-order chi connectivity index (χ0) is 17.6. The lowest BCUT2D eigenvalue weighted by molar-refractivity contribution is -0.140. The van der Waals surface area contributed by atoms with Gasteiger partial charge in [0.15, 0.2) is 11.3 Å². The van der Waals surface area contributed by atoms with Crippen LogP contribution in [0.5, 0.6) is 0 Å². The van der Waals surface area contributed by atoms with E-state index >= 15 is 0 Å². The number of hydrogen-bond acceptors (Lipinski definition) is 4. The topological polar surface area (TPSA) is 80.6 Å². The second-order valence-corrected chi connectivity index (χ2v) is 4.96. The predicted molar refractivity (Wildman–Crippen MR) is 75.8 cm³/mol. The lowest BCUT2D eigenvalue weighted by atomic mass is 10.0. The molecule has 0 saturated carbocycles. The Bertz CT molecular complexity index is 1070. The largest absolute Gasteiger partial charge is 0.434 e. The number of halogens is 4. The molecule has 0 unspecified atom stereocenters. The molecule has 6 nitrogen and oxygen atoms in total. The fourth-order valence-electron chi connectivity index (χ4n) is 2.21. The zero-order valence-electron chi connectivity index (χ0n) is 12.0. The van der Waals surface area contributed by atoms with Gasteiger partial charge in [0.05, 0.1) is 11.8 Å². The summed E-state index contributed by atoms with van der Waals surface area (Å²) in [5, 5.41) is 2.34. The highest BCUT2D eigenvalue weighted by atomic mass is 19.4. The number of H-pyrrole nitrogens is 1. The van der Waals surface area contributed by atoms with Crippen LogP contribution in [0.1, 0.15) is 5.69 Å². The first-order valence-corrected chi connectivity index (χ1v) is 6.51. The molecule has 0 fully saturated rings. The minimum Gasteiger partial charge on any atom is -0.302 e. The van der Waals surface area contributed by atoms with Crippen LogP contribution >= 0.6 is 0 Å². The zero-order valence-corrected chi connectivity index (χ0v) is 12.0. The molecule has 24 heavy (non-hydrogen) atoms. The average molecular weight is 340 g/mol. The molecule has 1 N–H and O–H groups in total. The molecule has 3 rings (SSSR count). The van der Waals surface area contributed by atoms with Gasteiger partial charge in [-0.1, -0.05) is 0 Å². The maximum absolute atomic E-state index is 13.3. The van der Waals surface area contributed by atoms with Crippen LogP contribution in [0.15, 0.2) is 34.1 Å². The van der Waals surface area contributed by atoms with Crippen molar-refractivity contribution in [1.82, 2.24) is 19.7 Å². The third kappa shape index (κ3) is 2.55. The van der Waals surface area contributed by atoms with Crippen LogP contribution in [0.2, 0.25) is 0 Å². The molecular weight excluding hydrogens is 332 g/mol. The monoisotopic (exact) mass is 340 g/mol. The quantitative estimate of drug-likeness (QED) is 0.541. The van der Waals surface area contributed by atoms with Gasteiger partial charge in [0.2, 0.25) is 0 Å². The number of aromatic amines is 1. The number of pyridine rings is 2. The molecule has 0 spiro atoms. The molecule has 0 aliphatic rings. The van der Waals surface area contributed by atoms with Gasteiger partial charge in [-0.05, 0) is 12.1 Å². The van der Waals surface area contributed by atoms with E-state index in [0.717, 1.165) is 29.2 Å². The Morgan fingerprint density at radius 1 is 1.17 bits per heavy atom. The highest BCUT2D eigenvalue weighted by Gasteiger charge is 2.37. The minimum atomic E-state index is -4.90. The van der Waals surface area contributed by atoms with E-state index in [0.29, 0.717) is 0 Å². The molecule has 0 aromatic carbocycles. The van der Waals surface area contributed by atoms with Crippen molar-refractivity contribution >= 4 is 11.0 Å². The molecule has 3 aromatic rings. The minimum absolute atomic E-state index is 0.0296. The number of nitrogens with one attached hydrogen (secondary N) is 1. The summed E-state index contributed by atoms with van der Waals surface area (Å²) in [7, 11) is 1.25. The van der Waals surface area contributed by atoms with Crippen molar-refractivity contribution in [2.24, 2.45) is 7.05 Å². The molecule has 0 aliphatic heterocycles. The van der Waals surface area contributed by atoms with Crippen molar-refractivity contribution in [3.05, 3.63) is 56.6 Å². The van der Waals surface area contributed by atoms with Crippen LogP contribution in [0, 0.1) is 5.82 Å². The summed E-state index contributed by atoms with van der Waals surface area (Å²) in [5.74, 6) is -0.770. The van der Waals surface area contributed by atoms with E-state index in [-0.39, 0.29) is 11.0 Å². The van der Waals surface area contributed by atoms with E-state index in [1.807, 2.05) is 0 Å². The average Bonchev–Trinajstić information content (AvgIpc) is 2.50. The summed E-state index contributed by atoms with van der Waals surface area (Å²) in [6, 6.07) is 1.87. The van der Waals surface area contributed by atoms with Crippen molar-refractivity contribution in [2.75, 3.05) is 0 Å². The molecule has 10 heteroatoms. The summed E-state index contributed by atoms with van der Waals surface area (Å²) in [6.45, 7) is 0. The number of aromatic nitrogens is 4. The molecule has 124 valence electrons. The van der Waals surface area contributed by atoms with Gasteiger partial charge in [-0.25, -0.2) is 14.4 Å². The maximum Gasteiger partial charge on any atom is 0.434 e. The van der Waals surface area contributed by atoms with Gasteiger partial charge >= 0.3 is 11.7 Å². The molecule has 0 bridgehead atoms. The van der Waals surface area contributed by atoms with Gasteiger partial charge in [0.1, 0.15) is 5.82 Å². The second kappa shape index (κ2) is 5.25. The van der Waals surface area contributed by atoms with E-state index in [1.54, 1.807) is 0 Å². The van der Waals surface area contributed by atoms with Gasteiger partial charge in [0, 0.05) is 24.2 Å². The molecule has 0 saturated heterocycles. The number of aryl methyl sites for hydroxylation is 1. The van der Waals surface area contributed by atoms with E-state index < -0.39 is 39.8 Å². The van der Waals surface area contributed by atoms with Crippen LogP contribution in [0.4, 0.5) is 17.6 Å². The van der Waals surface area contributed by atoms with Gasteiger partial charge in [0.25, 0.3) is 5.43 Å². The number of hydrogen-bond donors (Lipinski definition) is 1. The summed E-state index contributed by atoms with van der Waals surface area (Å²) in [6.07, 6.45) is -3.19. The Kier molecular flexibility index (Phi) is 3.47. The van der Waals surface area contributed by atoms with E-state index in [2.05, 4.69) is 15.1 Å². The van der Waals surface area contributed by atoms with Gasteiger partial charge in [-0.15, -0.1) is 0 Å². The fourth-order valence-corrected chi connectivity index (χ4v) is 2.21. The molecule has 0 aliphatic carbocycles. The van der Waals surface area contributed by atoms with Gasteiger partial charge < -0.3 is 5.10 Å². The van der Waals surface area contributed by atoms with Gasteiger partial charge in [-0.2, -0.15) is 13.2 Å². The van der Waals surface area contributed by atoms with E-state index in [1.165, 1.54) is 7.05 Å². The van der Waals surface area contributed by atoms with Gasteiger partial charge in [-0.3, -0.25) is 14.3 Å².